The smallest absolute Gasteiger partial charge is 0.0935 e. The maximum atomic E-state index is 6.49. The van der Waals surface area contributed by atoms with Crippen LogP contribution >= 0.6 is 22.6 Å². The first-order chi connectivity index (χ1) is 9.46. The van der Waals surface area contributed by atoms with Gasteiger partial charge >= 0.3 is 0 Å². The topological polar surface area (TPSA) is 18.5 Å². The summed E-state index contributed by atoms with van der Waals surface area (Å²) in [5, 5.41) is 0. The molecule has 4 atom stereocenters. The molecule has 1 aromatic carbocycles. The number of benzene rings is 1. The highest BCUT2D eigenvalue weighted by Crippen LogP contribution is 2.57. The van der Waals surface area contributed by atoms with Gasteiger partial charge in [-0.15, -0.1) is 0 Å². The second-order valence-electron chi connectivity index (χ2n) is 6.69. The summed E-state index contributed by atoms with van der Waals surface area (Å²) >= 11 is 2.57. The summed E-state index contributed by atoms with van der Waals surface area (Å²) in [6.07, 6.45) is 2.35. The Kier molecular flexibility index (Phi) is 3.89. The second-order valence-corrected chi connectivity index (χ2v) is 8.19. The van der Waals surface area contributed by atoms with Crippen LogP contribution in [-0.2, 0) is 16.1 Å². The van der Waals surface area contributed by atoms with Gasteiger partial charge in [-0.2, -0.15) is 0 Å². The van der Waals surface area contributed by atoms with Gasteiger partial charge in [-0.3, -0.25) is 0 Å². The van der Waals surface area contributed by atoms with Crippen molar-refractivity contribution in [1.29, 1.82) is 0 Å². The Labute approximate surface area is 135 Å². The van der Waals surface area contributed by atoms with Crippen LogP contribution in [0.1, 0.15) is 39.2 Å². The Morgan fingerprint density at radius 2 is 2.00 bits per heavy atom. The number of rotatable bonds is 4. The predicted molar refractivity (Wildman–Crippen MR) is 89.1 cm³/mol. The molecule has 0 N–H and O–H groups in total. The monoisotopic (exact) mass is 386 g/mol. The van der Waals surface area contributed by atoms with E-state index in [1.54, 1.807) is 0 Å². The zero-order valence-corrected chi connectivity index (χ0v) is 14.6. The van der Waals surface area contributed by atoms with Gasteiger partial charge in [-0.05, 0) is 24.8 Å². The van der Waals surface area contributed by atoms with Gasteiger partial charge in [0.2, 0.25) is 0 Å². The molecular weight excluding hydrogens is 363 g/mol. The van der Waals surface area contributed by atoms with Gasteiger partial charge in [-0.1, -0.05) is 66.8 Å². The lowest BCUT2D eigenvalue weighted by atomic mass is 9.75. The number of fused-ring (bicyclic) bond motifs is 2. The quantitative estimate of drug-likeness (QED) is 0.566. The van der Waals surface area contributed by atoms with Crippen molar-refractivity contribution in [2.45, 2.75) is 61.5 Å². The van der Waals surface area contributed by atoms with Crippen molar-refractivity contribution >= 4 is 22.6 Å². The zero-order valence-electron chi connectivity index (χ0n) is 12.4. The summed E-state index contributed by atoms with van der Waals surface area (Å²) < 4.78 is 13.3. The Bertz CT molecular complexity index is 475. The minimum atomic E-state index is -0.106. The number of halogens is 1. The molecule has 0 radical (unpaired) electrons. The molecule has 0 aliphatic carbocycles. The Morgan fingerprint density at radius 1 is 1.30 bits per heavy atom. The van der Waals surface area contributed by atoms with Crippen molar-refractivity contribution in [3.63, 3.8) is 0 Å². The molecule has 110 valence electrons. The summed E-state index contributed by atoms with van der Waals surface area (Å²) in [6.45, 7) is 7.46. The molecule has 2 aliphatic rings. The van der Waals surface area contributed by atoms with Gasteiger partial charge in [-0.25, -0.2) is 0 Å². The molecule has 2 heterocycles. The lowest BCUT2D eigenvalue weighted by Gasteiger charge is -2.35. The third-order valence-electron chi connectivity index (χ3n) is 4.99. The first kappa shape index (κ1) is 14.8. The molecule has 2 bridgehead atoms. The lowest BCUT2D eigenvalue weighted by molar-refractivity contribution is -0.0954. The van der Waals surface area contributed by atoms with Gasteiger partial charge in [0.05, 0.1) is 23.9 Å². The molecule has 1 aromatic rings. The summed E-state index contributed by atoms with van der Waals surface area (Å²) in [7, 11) is 0. The fourth-order valence-electron chi connectivity index (χ4n) is 3.66. The van der Waals surface area contributed by atoms with E-state index in [4.69, 9.17) is 9.47 Å². The third kappa shape index (κ3) is 2.32. The molecule has 0 amide bonds. The SMILES string of the molecule is CC(C)C12CC(OCc3ccccc3)C(C)(CC1I)O2. The predicted octanol–water partition coefficient (Wildman–Crippen LogP) is 4.35. The van der Waals surface area contributed by atoms with Crippen molar-refractivity contribution in [1.82, 2.24) is 0 Å². The van der Waals surface area contributed by atoms with E-state index in [0.717, 1.165) is 12.8 Å². The second kappa shape index (κ2) is 5.25. The maximum absolute atomic E-state index is 6.49. The minimum absolute atomic E-state index is 0.0106. The highest BCUT2D eigenvalue weighted by atomic mass is 127. The van der Waals surface area contributed by atoms with E-state index in [2.05, 4.69) is 67.6 Å². The van der Waals surface area contributed by atoms with Crippen LogP contribution in [-0.4, -0.2) is 21.2 Å². The van der Waals surface area contributed by atoms with Crippen molar-refractivity contribution in [2.24, 2.45) is 5.92 Å². The fraction of sp³-hybridized carbons (Fsp3) is 0.647. The highest BCUT2D eigenvalue weighted by molar-refractivity contribution is 14.1. The Balaban J connectivity index is 1.71. The molecule has 2 fully saturated rings. The molecule has 3 rings (SSSR count). The van der Waals surface area contributed by atoms with Crippen molar-refractivity contribution < 1.29 is 9.47 Å². The average Bonchev–Trinajstić information content (AvgIpc) is 2.85. The highest BCUT2D eigenvalue weighted by Gasteiger charge is 2.65. The van der Waals surface area contributed by atoms with E-state index in [9.17, 15) is 0 Å². The van der Waals surface area contributed by atoms with Gasteiger partial charge in [0.15, 0.2) is 0 Å². The van der Waals surface area contributed by atoms with Gasteiger partial charge in [0, 0.05) is 10.3 Å². The van der Waals surface area contributed by atoms with E-state index in [0.29, 0.717) is 16.4 Å². The van der Waals surface area contributed by atoms with Crippen molar-refractivity contribution in [3.8, 4) is 0 Å². The van der Waals surface area contributed by atoms with Crippen LogP contribution in [0.3, 0.4) is 0 Å². The van der Waals surface area contributed by atoms with Crippen LogP contribution in [0.25, 0.3) is 0 Å². The zero-order chi connectivity index (χ0) is 14.4. The lowest BCUT2D eigenvalue weighted by Crippen LogP contribution is -2.44. The summed E-state index contributed by atoms with van der Waals surface area (Å²) in [6, 6.07) is 10.4. The number of hydrogen-bond acceptors (Lipinski definition) is 2. The summed E-state index contributed by atoms with van der Waals surface area (Å²) in [4.78, 5) is 0. The molecule has 0 spiro atoms. The summed E-state index contributed by atoms with van der Waals surface area (Å²) in [5.74, 6) is 0.538. The number of alkyl halides is 1. The van der Waals surface area contributed by atoms with Crippen LogP contribution in [0.4, 0.5) is 0 Å². The van der Waals surface area contributed by atoms with E-state index in [1.165, 1.54) is 5.56 Å². The fourth-order valence-corrected chi connectivity index (χ4v) is 5.64. The maximum Gasteiger partial charge on any atom is 0.0935 e. The first-order valence-corrected chi connectivity index (χ1v) is 8.71. The normalized spacial score (nSPS) is 39.6. The van der Waals surface area contributed by atoms with Crippen LogP contribution in [0.5, 0.6) is 0 Å². The van der Waals surface area contributed by atoms with E-state index in [-0.39, 0.29) is 17.3 Å². The Hall–Kier alpha value is -0.130. The largest absolute Gasteiger partial charge is 0.370 e. The van der Waals surface area contributed by atoms with Gasteiger partial charge in [0.1, 0.15) is 0 Å². The van der Waals surface area contributed by atoms with Crippen molar-refractivity contribution in [2.75, 3.05) is 0 Å². The molecule has 0 saturated carbocycles. The molecule has 2 saturated heterocycles. The minimum Gasteiger partial charge on any atom is -0.370 e. The average molecular weight is 386 g/mol. The molecule has 20 heavy (non-hydrogen) atoms. The van der Waals surface area contributed by atoms with E-state index < -0.39 is 0 Å². The number of ether oxygens (including phenoxy) is 2. The molecule has 3 heteroatoms. The standard InChI is InChI=1S/C17H23IO2/c1-12(2)17-10-15(16(3,20-17)9-14(17)18)19-11-13-7-5-4-6-8-13/h4-8,12,14-15H,9-11H2,1-3H3. The molecular formula is C17H23IO2. The molecule has 2 aliphatic heterocycles. The first-order valence-electron chi connectivity index (χ1n) is 7.46. The third-order valence-corrected chi connectivity index (χ3v) is 6.49. The van der Waals surface area contributed by atoms with Crippen LogP contribution < -0.4 is 0 Å². The van der Waals surface area contributed by atoms with Gasteiger partial charge < -0.3 is 9.47 Å². The molecule has 4 unspecified atom stereocenters. The number of hydrogen-bond donors (Lipinski definition) is 0. The van der Waals surface area contributed by atoms with Crippen LogP contribution in [0.2, 0.25) is 0 Å². The molecule has 2 nitrogen and oxygen atoms in total. The van der Waals surface area contributed by atoms with Crippen LogP contribution in [0, 0.1) is 5.92 Å². The molecule has 0 aromatic heterocycles. The van der Waals surface area contributed by atoms with Crippen molar-refractivity contribution in [3.05, 3.63) is 35.9 Å². The summed E-state index contributed by atoms with van der Waals surface area (Å²) in [5.41, 5.74) is 1.14. The van der Waals surface area contributed by atoms with E-state index >= 15 is 0 Å². The Morgan fingerprint density at radius 3 is 2.60 bits per heavy atom. The van der Waals surface area contributed by atoms with Gasteiger partial charge in [0.25, 0.3) is 0 Å². The van der Waals surface area contributed by atoms with Crippen LogP contribution in [0.15, 0.2) is 30.3 Å². The van der Waals surface area contributed by atoms with E-state index in [1.807, 2.05) is 6.07 Å².